The van der Waals surface area contributed by atoms with Gasteiger partial charge in [-0.15, -0.1) is 11.3 Å². The van der Waals surface area contributed by atoms with Gasteiger partial charge in [0.15, 0.2) is 0 Å². The van der Waals surface area contributed by atoms with Crippen molar-refractivity contribution in [1.82, 2.24) is 4.90 Å². The van der Waals surface area contributed by atoms with Crippen LogP contribution < -0.4 is 5.32 Å². The summed E-state index contributed by atoms with van der Waals surface area (Å²) < 4.78 is 5.47. The van der Waals surface area contributed by atoms with Crippen molar-refractivity contribution in [2.24, 2.45) is 11.8 Å². The van der Waals surface area contributed by atoms with E-state index in [4.69, 9.17) is 4.74 Å². The van der Waals surface area contributed by atoms with Gasteiger partial charge in [-0.25, -0.2) is 4.79 Å². The van der Waals surface area contributed by atoms with Crippen LogP contribution >= 0.6 is 11.3 Å². The number of anilines is 1. The van der Waals surface area contributed by atoms with Gasteiger partial charge in [0.2, 0.25) is 0 Å². The second kappa shape index (κ2) is 11.5. The molecule has 1 saturated carbocycles. The first kappa shape index (κ1) is 26.1. The second-order valence-corrected chi connectivity index (χ2v) is 11.9. The summed E-state index contributed by atoms with van der Waals surface area (Å²) in [6, 6.07) is 9.79. The monoisotopic (exact) mass is 522 g/mol. The first-order valence-corrected chi connectivity index (χ1v) is 14.6. The number of ether oxygens (including phenoxy) is 1. The number of nitrogens with one attached hydrogen (secondary N) is 1. The molecule has 198 valence electrons. The van der Waals surface area contributed by atoms with E-state index in [-0.39, 0.29) is 12.0 Å². The number of hydrogen-bond donors (Lipinski definition) is 2. The molecule has 1 saturated heterocycles. The third-order valence-electron chi connectivity index (χ3n) is 8.33. The van der Waals surface area contributed by atoms with Crippen LogP contribution in [0.25, 0.3) is 16.0 Å². The van der Waals surface area contributed by atoms with E-state index in [1.54, 1.807) is 0 Å². The summed E-state index contributed by atoms with van der Waals surface area (Å²) >= 11 is 1.36. The van der Waals surface area contributed by atoms with Crippen molar-refractivity contribution in [3.8, 4) is 10.4 Å². The number of carbonyl (C=O) groups is 2. The molecule has 2 aliphatic heterocycles. The zero-order chi connectivity index (χ0) is 25.9. The smallest absolute Gasteiger partial charge is 0.346 e. The molecule has 6 nitrogen and oxygen atoms in total. The lowest BCUT2D eigenvalue weighted by Crippen LogP contribution is -2.34. The van der Waals surface area contributed by atoms with Gasteiger partial charge in [0.25, 0.3) is 5.91 Å². The quantitative estimate of drug-likeness (QED) is 0.432. The van der Waals surface area contributed by atoms with E-state index in [1.165, 1.54) is 48.2 Å². The maximum absolute atomic E-state index is 12.4. The fourth-order valence-electron chi connectivity index (χ4n) is 6.05. The number of carboxylic acids is 1. The van der Waals surface area contributed by atoms with Gasteiger partial charge in [0.05, 0.1) is 0 Å². The third kappa shape index (κ3) is 5.84. The van der Waals surface area contributed by atoms with Crippen LogP contribution in [0.15, 0.2) is 35.9 Å². The number of benzene rings is 1. The van der Waals surface area contributed by atoms with Crippen molar-refractivity contribution in [2.75, 3.05) is 31.6 Å². The number of carbonyl (C=O) groups excluding carboxylic acids is 1. The highest BCUT2D eigenvalue weighted by Gasteiger charge is 2.31. The Morgan fingerprint density at radius 3 is 2.54 bits per heavy atom. The summed E-state index contributed by atoms with van der Waals surface area (Å²) in [4.78, 5) is 28.6. The number of thiophene rings is 1. The van der Waals surface area contributed by atoms with Crippen LogP contribution in [0.3, 0.4) is 0 Å². The Morgan fingerprint density at radius 1 is 1.14 bits per heavy atom. The fourth-order valence-corrected chi connectivity index (χ4v) is 7.08. The minimum atomic E-state index is -0.853. The molecular formula is C30H38N2O4S. The topological polar surface area (TPSA) is 78.9 Å². The molecule has 3 heterocycles. The van der Waals surface area contributed by atoms with Gasteiger partial charge in [-0.05, 0) is 85.4 Å². The number of rotatable bonds is 7. The summed E-state index contributed by atoms with van der Waals surface area (Å²) in [7, 11) is 0. The zero-order valence-corrected chi connectivity index (χ0v) is 22.7. The first-order valence-electron chi connectivity index (χ1n) is 13.8. The maximum atomic E-state index is 12.4. The number of likely N-dealkylation sites (N-methyl/N-ethyl adjacent to an activating group) is 1. The Balaban J connectivity index is 1.43. The number of hydrogen-bond acceptors (Lipinski definition) is 5. The molecule has 1 amide bonds. The SMILES string of the molecule is CCN1CCC(c2cc(-c3ccc(NC(=O)C4CCCO4)cc3)sc2C(=O)O)=C(C2CCC(C)CC2)C1. The average Bonchev–Trinajstić information content (AvgIpc) is 3.60. The van der Waals surface area contributed by atoms with E-state index in [1.807, 2.05) is 24.3 Å². The molecule has 3 aliphatic rings. The number of nitrogens with zero attached hydrogens (tertiary/aromatic N) is 1. The van der Waals surface area contributed by atoms with Crippen molar-refractivity contribution in [2.45, 2.75) is 64.9 Å². The van der Waals surface area contributed by atoms with Crippen LogP contribution in [0, 0.1) is 11.8 Å². The molecule has 1 aliphatic carbocycles. The first-order chi connectivity index (χ1) is 17.9. The fraction of sp³-hybridized carbons (Fsp3) is 0.533. The normalized spacial score (nSPS) is 24.9. The maximum Gasteiger partial charge on any atom is 0.346 e. The predicted molar refractivity (Wildman–Crippen MR) is 149 cm³/mol. The Hall–Kier alpha value is -2.48. The second-order valence-electron chi connectivity index (χ2n) is 10.8. The Morgan fingerprint density at radius 2 is 1.89 bits per heavy atom. The van der Waals surface area contributed by atoms with Crippen LogP contribution in [-0.2, 0) is 9.53 Å². The van der Waals surface area contributed by atoms with Gasteiger partial charge in [-0.3, -0.25) is 9.69 Å². The molecule has 1 aromatic carbocycles. The molecule has 1 unspecified atom stereocenters. The van der Waals surface area contributed by atoms with Gasteiger partial charge in [0, 0.05) is 35.8 Å². The minimum Gasteiger partial charge on any atom is -0.477 e. The summed E-state index contributed by atoms with van der Waals surface area (Å²) in [6.45, 7) is 8.14. The Bertz CT molecular complexity index is 1150. The Kier molecular flexibility index (Phi) is 8.12. The largest absolute Gasteiger partial charge is 0.477 e. The predicted octanol–water partition coefficient (Wildman–Crippen LogP) is 6.54. The van der Waals surface area contributed by atoms with Crippen molar-refractivity contribution < 1.29 is 19.4 Å². The molecule has 7 heteroatoms. The summed E-state index contributed by atoms with van der Waals surface area (Å²) in [5.74, 6) is 0.379. The summed E-state index contributed by atoms with van der Waals surface area (Å²) in [6.07, 6.45) is 7.12. The van der Waals surface area contributed by atoms with Crippen LogP contribution in [0.2, 0.25) is 0 Å². The summed E-state index contributed by atoms with van der Waals surface area (Å²) in [5.41, 5.74) is 5.34. The van der Waals surface area contributed by atoms with Crippen LogP contribution in [0.1, 0.15) is 74.0 Å². The average molecular weight is 523 g/mol. The standard InChI is InChI=1S/C30H38N2O4S/c1-3-32-15-14-23(25(18-32)20-8-6-19(2)7-9-20)24-17-27(37-28(24)30(34)35)21-10-12-22(13-11-21)31-29(33)26-5-4-16-36-26/h10-13,17,19-20,26H,3-9,14-16,18H2,1-2H3,(H,31,33)(H,34,35). The highest BCUT2D eigenvalue weighted by Crippen LogP contribution is 2.43. The van der Waals surface area contributed by atoms with E-state index in [0.29, 0.717) is 17.4 Å². The molecule has 0 bridgehead atoms. The number of aromatic carboxylic acids is 1. The van der Waals surface area contributed by atoms with E-state index in [2.05, 4.69) is 30.1 Å². The molecule has 1 atom stereocenters. The lowest BCUT2D eigenvalue weighted by Gasteiger charge is -2.36. The lowest BCUT2D eigenvalue weighted by atomic mass is 9.75. The van der Waals surface area contributed by atoms with E-state index >= 15 is 0 Å². The van der Waals surface area contributed by atoms with E-state index in [9.17, 15) is 14.7 Å². The van der Waals surface area contributed by atoms with Crippen LogP contribution in [0.5, 0.6) is 0 Å². The molecule has 0 spiro atoms. The third-order valence-corrected chi connectivity index (χ3v) is 9.50. The van der Waals surface area contributed by atoms with Crippen molar-refractivity contribution >= 4 is 34.5 Å². The van der Waals surface area contributed by atoms with Crippen LogP contribution in [-0.4, -0.2) is 54.2 Å². The van der Waals surface area contributed by atoms with Crippen LogP contribution in [0.4, 0.5) is 5.69 Å². The van der Waals surface area contributed by atoms with Gasteiger partial charge in [0.1, 0.15) is 11.0 Å². The number of carboxylic acid groups (broad SMARTS) is 1. The highest BCUT2D eigenvalue weighted by atomic mass is 32.1. The molecule has 1 aromatic heterocycles. The zero-order valence-electron chi connectivity index (χ0n) is 21.9. The lowest BCUT2D eigenvalue weighted by molar-refractivity contribution is -0.124. The molecule has 2 fully saturated rings. The minimum absolute atomic E-state index is 0.105. The molecular weight excluding hydrogens is 484 g/mol. The number of amides is 1. The molecule has 0 radical (unpaired) electrons. The van der Waals surface area contributed by atoms with Gasteiger partial charge >= 0.3 is 5.97 Å². The molecule has 37 heavy (non-hydrogen) atoms. The van der Waals surface area contributed by atoms with Crippen molar-refractivity contribution in [3.63, 3.8) is 0 Å². The molecule has 5 rings (SSSR count). The van der Waals surface area contributed by atoms with Crippen molar-refractivity contribution in [3.05, 3.63) is 46.3 Å². The van der Waals surface area contributed by atoms with E-state index in [0.717, 1.165) is 66.5 Å². The summed E-state index contributed by atoms with van der Waals surface area (Å²) in [5, 5.41) is 13.1. The van der Waals surface area contributed by atoms with Gasteiger partial charge < -0.3 is 15.2 Å². The molecule has 2 N–H and O–H groups in total. The van der Waals surface area contributed by atoms with E-state index < -0.39 is 5.97 Å². The Labute approximate surface area is 223 Å². The van der Waals surface area contributed by atoms with Gasteiger partial charge in [-0.2, -0.15) is 0 Å². The molecule has 2 aromatic rings. The van der Waals surface area contributed by atoms with Gasteiger partial charge in [-0.1, -0.05) is 38.8 Å². The highest BCUT2D eigenvalue weighted by molar-refractivity contribution is 7.17. The van der Waals surface area contributed by atoms with Crippen molar-refractivity contribution in [1.29, 1.82) is 0 Å².